The molecule has 2 atom stereocenters. The van der Waals surface area contributed by atoms with Crippen LogP contribution in [0.15, 0.2) is 48.5 Å². The van der Waals surface area contributed by atoms with E-state index in [0.29, 0.717) is 12.3 Å². The highest BCUT2D eigenvalue weighted by Gasteiger charge is 2.27. The van der Waals surface area contributed by atoms with Crippen molar-refractivity contribution in [3.05, 3.63) is 65.2 Å². The molecule has 0 saturated heterocycles. The van der Waals surface area contributed by atoms with Gasteiger partial charge in [-0.05, 0) is 55.9 Å². The molecular formula is C27H38N2O3. The standard InChI is InChI=1S/C27H38N2O3/c1-8-20(3)28-26(31)21(4)29(17-22-11-9-19(2)10-12-22)25(30)18-32-24-15-13-23(14-16-24)27(5,6)7/h9-16,20-21H,8,17-18H2,1-7H3,(H,28,31)/t20-,21-/m0/s1. The van der Waals surface area contributed by atoms with Crippen molar-refractivity contribution in [1.29, 1.82) is 0 Å². The fourth-order valence-corrected chi connectivity index (χ4v) is 3.22. The fourth-order valence-electron chi connectivity index (χ4n) is 3.22. The molecule has 0 aliphatic rings. The van der Waals surface area contributed by atoms with Crippen molar-refractivity contribution in [3.63, 3.8) is 0 Å². The van der Waals surface area contributed by atoms with Crippen molar-refractivity contribution < 1.29 is 14.3 Å². The van der Waals surface area contributed by atoms with Crippen LogP contribution < -0.4 is 10.1 Å². The van der Waals surface area contributed by atoms with Crippen molar-refractivity contribution in [2.24, 2.45) is 0 Å². The van der Waals surface area contributed by atoms with Gasteiger partial charge >= 0.3 is 0 Å². The van der Waals surface area contributed by atoms with Crippen molar-refractivity contribution in [2.45, 2.75) is 78.9 Å². The van der Waals surface area contributed by atoms with Crippen LogP contribution in [-0.4, -0.2) is 35.4 Å². The van der Waals surface area contributed by atoms with Crippen molar-refractivity contribution in [2.75, 3.05) is 6.61 Å². The van der Waals surface area contributed by atoms with Gasteiger partial charge in [-0.25, -0.2) is 0 Å². The van der Waals surface area contributed by atoms with Gasteiger partial charge in [-0.15, -0.1) is 0 Å². The van der Waals surface area contributed by atoms with Crippen LogP contribution in [-0.2, 0) is 21.5 Å². The van der Waals surface area contributed by atoms with Gasteiger partial charge in [0.15, 0.2) is 6.61 Å². The zero-order valence-electron chi connectivity index (χ0n) is 20.6. The molecule has 5 heteroatoms. The molecule has 0 aliphatic carbocycles. The smallest absolute Gasteiger partial charge is 0.261 e. The van der Waals surface area contributed by atoms with E-state index in [2.05, 4.69) is 26.1 Å². The normalized spacial score (nSPS) is 13.2. The summed E-state index contributed by atoms with van der Waals surface area (Å²) in [4.78, 5) is 27.5. The summed E-state index contributed by atoms with van der Waals surface area (Å²) in [6, 6.07) is 15.3. The Labute approximate surface area is 193 Å². The lowest BCUT2D eigenvalue weighted by Crippen LogP contribution is -2.50. The maximum absolute atomic E-state index is 13.1. The van der Waals surface area contributed by atoms with Gasteiger partial charge in [0, 0.05) is 12.6 Å². The molecule has 174 valence electrons. The number of ether oxygens (including phenoxy) is 1. The summed E-state index contributed by atoms with van der Waals surface area (Å²) >= 11 is 0. The lowest BCUT2D eigenvalue weighted by atomic mass is 9.87. The van der Waals surface area contributed by atoms with E-state index in [1.165, 1.54) is 5.56 Å². The van der Waals surface area contributed by atoms with Gasteiger partial charge in [0.25, 0.3) is 5.91 Å². The molecule has 1 N–H and O–H groups in total. The number of hydrogen-bond donors (Lipinski definition) is 1. The lowest BCUT2D eigenvalue weighted by Gasteiger charge is -2.29. The Kier molecular flexibility index (Phi) is 8.88. The second-order valence-corrected chi connectivity index (χ2v) is 9.56. The molecule has 0 bridgehead atoms. The molecule has 0 aliphatic heterocycles. The van der Waals surface area contributed by atoms with Crippen LogP contribution in [0.4, 0.5) is 0 Å². The predicted molar refractivity (Wildman–Crippen MR) is 130 cm³/mol. The van der Waals surface area contributed by atoms with E-state index < -0.39 is 6.04 Å². The number of nitrogens with zero attached hydrogens (tertiary/aromatic N) is 1. The van der Waals surface area contributed by atoms with Crippen LogP contribution in [0.2, 0.25) is 0 Å². The third-order valence-electron chi connectivity index (χ3n) is 5.72. The second kappa shape index (κ2) is 11.2. The first-order valence-electron chi connectivity index (χ1n) is 11.4. The number of nitrogens with one attached hydrogen (secondary N) is 1. The molecule has 2 amide bonds. The molecule has 2 aromatic rings. The van der Waals surface area contributed by atoms with Crippen molar-refractivity contribution in [3.8, 4) is 5.75 Å². The molecule has 2 rings (SSSR count). The topological polar surface area (TPSA) is 58.6 Å². The van der Waals surface area contributed by atoms with Gasteiger partial charge in [-0.2, -0.15) is 0 Å². The highest BCUT2D eigenvalue weighted by molar-refractivity contribution is 5.88. The Morgan fingerprint density at radius 1 is 1.00 bits per heavy atom. The van der Waals surface area contributed by atoms with Gasteiger partial charge in [0.2, 0.25) is 5.91 Å². The highest BCUT2D eigenvalue weighted by atomic mass is 16.5. The summed E-state index contributed by atoms with van der Waals surface area (Å²) in [6.45, 7) is 14.5. The van der Waals surface area contributed by atoms with Gasteiger partial charge in [-0.1, -0.05) is 69.7 Å². The minimum Gasteiger partial charge on any atom is -0.484 e. The fraction of sp³-hybridized carbons (Fsp3) is 0.481. The van der Waals surface area contributed by atoms with Crippen LogP contribution >= 0.6 is 0 Å². The predicted octanol–water partition coefficient (Wildman–Crippen LogP) is 5.00. The minimum atomic E-state index is -0.607. The third-order valence-corrected chi connectivity index (χ3v) is 5.72. The molecule has 0 unspecified atom stereocenters. The number of hydrogen-bond acceptors (Lipinski definition) is 3. The maximum atomic E-state index is 13.1. The summed E-state index contributed by atoms with van der Waals surface area (Å²) in [5, 5.41) is 2.98. The first-order chi connectivity index (χ1) is 15.0. The molecule has 0 heterocycles. The summed E-state index contributed by atoms with van der Waals surface area (Å²) in [5.74, 6) is 0.255. The van der Waals surface area contributed by atoms with E-state index in [0.717, 1.165) is 17.5 Å². The molecule has 0 radical (unpaired) electrons. The first kappa shape index (κ1) is 25.4. The maximum Gasteiger partial charge on any atom is 0.261 e. The monoisotopic (exact) mass is 438 g/mol. The van der Waals surface area contributed by atoms with E-state index in [4.69, 9.17) is 4.74 Å². The van der Waals surface area contributed by atoms with Crippen LogP contribution in [0, 0.1) is 6.92 Å². The Morgan fingerprint density at radius 2 is 1.59 bits per heavy atom. The van der Waals surface area contributed by atoms with E-state index >= 15 is 0 Å². The van der Waals surface area contributed by atoms with Crippen LogP contribution in [0.1, 0.15) is 64.7 Å². The SMILES string of the molecule is CC[C@H](C)NC(=O)[C@H](C)N(Cc1ccc(C)cc1)C(=O)COc1ccc(C(C)(C)C)cc1. The Morgan fingerprint density at radius 3 is 2.12 bits per heavy atom. The summed E-state index contributed by atoms with van der Waals surface area (Å²) in [7, 11) is 0. The van der Waals surface area contributed by atoms with E-state index in [-0.39, 0.29) is 29.9 Å². The van der Waals surface area contributed by atoms with Crippen LogP contribution in [0.5, 0.6) is 5.75 Å². The molecule has 5 nitrogen and oxygen atoms in total. The molecule has 0 aromatic heterocycles. The molecule has 0 fully saturated rings. The number of carbonyl (C=O) groups excluding carboxylic acids is 2. The summed E-state index contributed by atoms with van der Waals surface area (Å²) < 4.78 is 5.78. The van der Waals surface area contributed by atoms with E-state index in [1.54, 1.807) is 11.8 Å². The van der Waals surface area contributed by atoms with Crippen molar-refractivity contribution in [1.82, 2.24) is 10.2 Å². The zero-order chi connectivity index (χ0) is 23.9. The van der Waals surface area contributed by atoms with Crippen LogP contribution in [0.25, 0.3) is 0 Å². The average Bonchev–Trinajstić information content (AvgIpc) is 2.76. The largest absolute Gasteiger partial charge is 0.484 e. The molecule has 0 saturated carbocycles. The van der Waals surface area contributed by atoms with E-state index in [9.17, 15) is 9.59 Å². The van der Waals surface area contributed by atoms with Crippen LogP contribution in [0.3, 0.4) is 0 Å². The summed E-state index contributed by atoms with van der Waals surface area (Å²) in [5.41, 5.74) is 3.38. The minimum absolute atomic E-state index is 0.0532. The van der Waals surface area contributed by atoms with Gasteiger partial charge in [0.1, 0.15) is 11.8 Å². The second-order valence-electron chi connectivity index (χ2n) is 9.56. The Balaban J connectivity index is 2.13. The number of benzene rings is 2. The van der Waals surface area contributed by atoms with Gasteiger partial charge in [-0.3, -0.25) is 9.59 Å². The first-order valence-corrected chi connectivity index (χ1v) is 11.4. The zero-order valence-corrected chi connectivity index (χ0v) is 20.6. The Hall–Kier alpha value is -2.82. The number of carbonyl (C=O) groups is 2. The highest BCUT2D eigenvalue weighted by Crippen LogP contribution is 2.24. The molecular weight excluding hydrogens is 400 g/mol. The summed E-state index contributed by atoms with van der Waals surface area (Å²) in [6.07, 6.45) is 0.831. The number of rotatable bonds is 9. The molecule has 32 heavy (non-hydrogen) atoms. The Bertz CT molecular complexity index is 883. The van der Waals surface area contributed by atoms with E-state index in [1.807, 2.05) is 69.3 Å². The average molecular weight is 439 g/mol. The quantitative estimate of drug-likeness (QED) is 0.599. The number of amides is 2. The molecule has 0 spiro atoms. The van der Waals surface area contributed by atoms with Gasteiger partial charge < -0.3 is 15.0 Å². The van der Waals surface area contributed by atoms with Crippen molar-refractivity contribution >= 4 is 11.8 Å². The number of aryl methyl sites for hydroxylation is 1. The van der Waals surface area contributed by atoms with Gasteiger partial charge in [0.05, 0.1) is 0 Å². The molecule has 2 aromatic carbocycles. The lowest BCUT2D eigenvalue weighted by molar-refractivity contribution is -0.142. The third kappa shape index (κ3) is 7.40.